The summed E-state index contributed by atoms with van der Waals surface area (Å²) in [4.78, 5) is 22.2. The maximum Gasteiger partial charge on any atom is 0.377 e. The molecule has 0 aliphatic rings. The number of carbonyl (C=O) groups is 2. The largest absolute Gasteiger partial charge is 0.475 e. The van der Waals surface area contributed by atoms with Crippen molar-refractivity contribution in [1.82, 2.24) is 0 Å². The number of hydrogen-bond donors (Lipinski definition) is 3. The van der Waals surface area contributed by atoms with Crippen LogP contribution in [0.4, 0.5) is 5.69 Å². The third-order valence-corrected chi connectivity index (χ3v) is 3.54. The van der Waals surface area contributed by atoms with Crippen LogP contribution in [0.25, 0.3) is 11.1 Å². The summed E-state index contributed by atoms with van der Waals surface area (Å²) >= 11 is 0. The first kappa shape index (κ1) is 17.4. The summed E-state index contributed by atoms with van der Waals surface area (Å²) in [6, 6.07) is 12.5. The van der Waals surface area contributed by atoms with Gasteiger partial charge in [-0.2, -0.15) is 0 Å². The van der Waals surface area contributed by atoms with Crippen LogP contribution in [0, 0.1) is 5.41 Å². The molecule has 0 amide bonds. The highest BCUT2D eigenvalue weighted by atomic mass is 16.4. The Balaban J connectivity index is 2.40. The molecule has 0 atom stereocenters. The Bertz CT molecular complexity index is 793. The summed E-state index contributed by atoms with van der Waals surface area (Å²) in [7, 11) is 0. The molecule has 2 aromatic rings. The van der Waals surface area contributed by atoms with Gasteiger partial charge in [0.05, 0.1) is 0 Å². The molecule has 0 saturated carbocycles. The highest BCUT2D eigenvalue weighted by Crippen LogP contribution is 2.27. The van der Waals surface area contributed by atoms with E-state index in [4.69, 9.17) is 10.5 Å². The molecular formula is C19H20N2O3. The minimum atomic E-state index is -1.46. The molecule has 0 fully saturated rings. The van der Waals surface area contributed by atoms with Crippen molar-refractivity contribution in [2.45, 2.75) is 26.8 Å². The van der Waals surface area contributed by atoms with E-state index in [0.29, 0.717) is 5.71 Å². The first-order chi connectivity index (χ1) is 11.3. The second-order valence-corrected chi connectivity index (χ2v) is 5.90. The first-order valence-corrected chi connectivity index (χ1v) is 7.63. The number of hydrogen-bond acceptors (Lipinski definition) is 4. The quantitative estimate of drug-likeness (QED) is 0.428. The summed E-state index contributed by atoms with van der Waals surface area (Å²) in [6.07, 6.45) is 0. The lowest BCUT2D eigenvalue weighted by Gasteiger charge is -2.16. The van der Waals surface area contributed by atoms with Crippen molar-refractivity contribution in [3.8, 4) is 11.1 Å². The molecule has 2 aromatic carbocycles. The number of ketones is 1. The number of carbonyl (C=O) groups excluding carboxylic acids is 1. The smallest absolute Gasteiger partial charge is 0.377 e. The van der Waals surface area contributed by atoms with Gasteiger partial charge in [-0.1, -0.05) is 36.4 Å². The Morgan fingerprint density at radius 1 is 1.04 bits per heavy atom. The van der Waals surface area contributed by atoms with Gasteiger partial charge in [-0.05, 0) is 38.0 Å². The van der Waals surface area contributed by atoms with Crippen molar-refractivity contribution >= 4 is 23.2 Å². The summed E-state index contributed by atoms with van der Waals surface area (Å²) in [5.41, 5.74) is 4.15. The van der Waals surface area contributed by atoms with E-state index in [2.05, 4.69) is 5.32 Å². The van der Waals surface area contributed by atoms with Crippen molar-refractivity contribution in [2.24, 2.45) is 0 Å². The summed E-state index contributed by atoms with van der Waals surface area (Å²) < 4.78 is 0. The van der Waals surface area contributed by atoms with Gasteiger partial charge in [-0.15, -0.1) is 0 Å². The predicted molar refractivity (Wildman–Crippen MR) is 95.1 cm³/mol. The van der Waals surface area contributed by atoms with Crippen LogP contribution >= 0.6 is 0 Å². The number of rotatable bonds is 6. The lowest BCUT2D eigenvalue weighted by Crippen LogP contribution is -2.13. The van der Waals surface area contributed by atoms with Crippen LogP contribution in [0.5, 0.6) is 0 Å². The van der Waals surface area contributed by atoms with Crippen LogP contribution in [-0.2, 0) is 4.79 Å². The van der Waals surface area contributed by atoms with Crippen molar-refractivity contribution < 1.29 is 14.7 Å². The van der Waals surface area contributed by atoms with Crippen LogP contribution in [0.3, 0.4) is 0 Å². The molecular weight excluding hydrogens is 304 g/mol. The molecule has 5 nitrogen and oxygen atoms in total. The maximum atomic E-state index is 11.5. The molecule has 0 aliphatic carbocycles. The molecule has 0 aromatic heterocycles. The highest BCUT2D eigenvalue weighted by Gasteiger charge is 2.14. The average Bonchev–Trinajstić information content (AvgIpc) is 2.53. The molecule has 0 saturated heterocycles. The molecule has 3 N–H and O–H groups in total. The fourth-order valence-corrected chi connectivity index (χ4v) is 2.42. The molecule has 24 heavy (non-hydrogen) atoms. The molecule has 0 aliphatic heterocycles. The Morgan fingerprint density at radius 3 is 2.12 bits per heavy atom. The third kappa shape index (κ3) is 3.87. The van der Waals surface area contributed by atoms with Crippen LogP contribution in [0.1, 0.15) is 36.7 Å². The number of nitrogens with one attached hydrogen (secondary N) is 2. The number of carboxylic acids is 1. The second kappa shape index (κ2) is 7.08. The monoisotopic (exact) mass is 324 g/mol. The minimum Gasteiger partial charge on any atom is -0.475 e. The van der Waals surface area contributed by atoms with E-state index in [0.717, 1.165) is 22.4 Å². The van der Waals surface area contributed by atoms with Crippen LogP contribution in [0.2, 0.25) is 0 Å². The minimum absolute atomic E-state index is 0.152. The van der Waals surface area contributed by atoms with E-state index in [-0.39, 0.29) is 11.6 Å². The molecule has 0 spiro atoms. The number of carboxylic acid groups (broad SMARTS) is 1. The van der Waals surface area contributed by atoms with Gasteiger partial charge in [0.15, 0.2) is 0 Å². The fourth-order valence-electron chi connectivity index (χ4n) is 2.42. The van der Waals surface area contributed by atoms with Crippen molar-refractivity contribution in [3.05, 3.63) is 53.6 Å². The van der Waals surface area contributed by atoms with E-state index in [1.54, 1.807) is 19.1 Å². The number of aliphatic carboxylic acids is 1. The molecule has 0 bridgehead atoms. The first-order valence-electron chi connectivity index (χ1n) is 7.63. The van der Waals surface area contributed by atoms with Crippen LogP contribution in [0.15, 0.2) is 42.5 Å². The van der Waals surface area contributed by atoms with Gasteiger partial charge < -0.3 is 15.8 Å². The fraction of sp³-hybridized carbons (Fsp3) is 0.211. The SMILES string of the molecule is CC(=N)c1ccc(-c2ccc(C(=O)C(=O)O)cc2)cc1NC(C)C. The Labute approximate surface area is 140 Å². The van der Waals surface area contributed by atoms with Crippen molar-refractivity contribution in [2.75, 3.05) is 5.32 Å². The van der Waals surface area contributed by atoms with E-state index < -0.39 is 11.8 Å². The second-order valence-electron chi connectivity index (χ2n) is 5.90. The van der Waals surface area contributed by atoms with Gasteiger partial charge in [0.1, 0.15) is 0 Å². The van der Waals surface area contributed by atoms with E-state index >= 15 is 0 Å². The summed E-state index contributed by atoms with van der Waals surface area (Å²) in [6.45, 7) is 5.80. The zero-order valence-electron chi connectivity index (χ0n) is 13.9. The number of Topliss-reactive ketones (excluding diaryl/α,β-unsaturated/α-hetero) is 1. The Morgan fingerprint density at radius 2 is 1.62 bits per heavy atom. The topological polar surface area (TPSA) is 90.2 Å². The van der Waals surface area contributed by atoms with Gasteiger partial charge in [-0.25, -0.2) is 4.79 Å². The molecule has 0 unspecified atom stereocenters. The predicted octanol–water partition coefficient (Wildman–Crippen LogP) is 3.83. The standard InChI is InChI=1S/C19H20N2O3/c1-11(2)21-17-10-15(8-9-16(17)12(3)20)13-4-6-14(7-5-13)18(22)19(23)24/h4-11,20-21H,1-3H3,(H,23,24). The summed E-state index contributed by atoms with van der Waals surface area (Å²) in [5.74, 6) is -2.38. The molecule has 2 rings (SSSR count). The van der Waals surface area contributed by atoms with E-state index in [9.17, 15) is 9.59 Å². The normalized spacial score (nSPS) is 10.5. The van der Waals surface area contributed by atoms with E-state index in [1.165, 1.54) is 12.1 Å². The number of benzene rings is 2. The average molecular weight is 324 g/mol. The van der Waals surface area contributed by atoms with Gasteiger partial charge in [-0.3, -0.25) is 4.79 Å². The third-order valence-electron chi connectivity index (χ3n) is 3.54. The number of anilines is 1. The molecule has 124 valence electrons. The van der Waals surface area contributed by atoms with E-state index in [1.807, 2.05) is 32.0 Å². The van der Waals surface area contributed by atoms with Crippen LogP contribution < -0.4 is 5.32 Å². The Kier molecular flexibility index (Phi) is 5.14. The lowest BCUT2D eigenvalue weighted by molar-refractivity contribution is -0.131. The van der Waals surface area contributed by atoms with Crippen LogP contribution in [-0.4, -0.2) is 28.6 Å². The van der Waals surface area contributed by atoms with Gasteiger partial charge in [0, 0.05) is 28.6 Å². The Hall–Kier alpha value is -2.95. The van der Waals surface area contributed by atoms with Crippen molar-refractivity contribution in [3.63, 3.8) is 0 Å². The molecule has 0 radical (unpaired) electrons. The van der Waals surface area contributed by atoms with Gasteiger partial charge in [0.2, 0.25) is 0 Å². The molecule has 5 heteroatoms. The zero-order valence-corrected chi connectivity index (χ0v) is 13.9. The maximum absolute atomic E-state index is 11.5. The molecule has 0 heterocycles. The lowest BCUT2D eigenvalue weighted by atomic mass is 9.98. The summed E-state index contributed by atoms with van der Waals surface area (Å²) in [5, 5.41) is 20.0. The van der Waals surface area contributed by atoms with Gasteiger partial charge >= 0.3 is 5.97 Å². The highest BCUT2D eigenvalue weighted by molar-refractivity contribution is 6.39. The zero-order chi connectivity index (χ0) is 17.9. The van der Waals surface area contributed by atoms with Gasteiger partial charge in [0.25, 0.3) is 5.78 Å². The van der Waals surface area contributed by atoms with Crippen molar-refractivity contribution in [1.29, 1.82) is 5.41 Å².